The van der Waals surface area contributed by atoms with Gasteiger partial charge in [-0.3, -0.25) is 14.3 Å². The lowest BCUT2D eigenvalue weighted by molar-refractivity contribution is -0.192. The Labute approximate surface area is 213 Å². The molecule has 37 heavy (non-hydrogen) atoms. The van der Waals surface area contributed by atoms with Crippen molar-refractivity contribution >= 4 is 5.97 Å². The van der Waals surface area contributed by atoms with E-state index < -0.39 is 12.1 Å². The third-order valence-corrected chi connectivity index (χ3v) is 6.72. The monoisotopic (exact) mass is 519 g/mol. The van der Waals surface area contributed by atoms with Crippen molar-refractivity contribution in [2.45, 2.75) is 70.9 Å². The van der Waals surface area contributed by atoms with E-state index in [2.05, 4.69) is 72.8 Å². The fraction of sp³-hybridized carbons (Fsp3) is 0.500. The molecular weight excluding hydrogens is 487 g/mol. The maximum Gasteiger partial charge on any atom is 0.490 e. The zero-order chi connectivity index (χ0) is 27.0. The van der Waals surface area contributed by atoms with Crippen molar-refractivity contribution in [3.63, 3.8) is 0 Å². The van der Waals surface area contributed by atoms with Crippen LogP contribution in [0.25, 0.3) is 11.3 Å². The van der Waals surface area contributed by atoms with Gasteiger partial charge in [0.15, 0.2) is 0 Å². The third kappa shape index (κ3) is 5.51. The topological polar surface area (TPSA) is 85.4 Å². The van der Waals surface area contributed by atoms with Crippen LogP contribution >= 0.6 is 0 Å². The van der Waals surface area contributed by atoms with Crippen molar-refractivity contribution in [1.82, 2.24) is 24.5 Å². The number of nitrogens with zero attached hydrogens (tertiary/aromatic N) is 5. The van der Waals surface area contributed by atoms with Crippen molar-refractivity contribution in [3.05, 3.63) is 54.0 Å². The van der Waals surface area contributed by atoms with Crippen LogP contribution in [-0.2, 0) is 16.9 Å². The third-order valence-electron chi connectivity index (χ3n) is 6.72. The van der Waals surface area contributed by atoms with Gasteiger partial charge in [-0.25, -0.2) is 4.79 Å². The molecule has 1 N–H and O–H groups in total. The SMILES string of the molecule is CC(C)n1cc(CN2CCC3(CC2)Oc2ccccc2-c2c3cnn2C(C)C)cn1.O=C(O)C(F)(F)F. The maximum atomic E-state index is 10.6. The summed E-state index contributed by atoms with van der Waals surface area (Å²) >= 11 is 0. The van der Waals surface area contributed by atoms with Crippen molar-refractivity contribution in [3.8, 4) is 17.0 Å². The number of alkyl halides is 3. The molecule has 0 unspecified atom stereocenters. The Bertz CT molecular complexity index is 1240. The van der Waals surface area contributed by atoms with Gasteiger partial charge in [-0.15, -0.1) is 0 Å². The molecule has 0 amide bonds. The minimum atomic E-state index is -5.08. The van der Waals surface area contributed by atoms with E-state index in [-0.39, 0.29) is 5.60 Å². The van der Waals surface area contributed by atoms with E-state index in [1.807, 2.05) is 17.1 Å². The first-order valence-electron chi connectivity index (χ1n) is 12.3. The van der Waals surface area contributed by atoms with Gasteiger partial charge in [-0.1, -0.05) is 12.1 Å². The molecule has 200 valence electrons. The summed E-state index contributed by atoms with van der Waals surface area (Å²) in [5, 5.41) is 16.4. The highest BCUT2D eigenvalue weighted by atomic mass is 19.4. The second-order valence-electron chi connectivity index (χ2n) is 10.0. The van der Waals surface area contributed by atoms with Crippen LogP contribution in [0, 0.1) is 0 Å². The van der Waals surface area contributed by atoms with E-state index in [4.69, 9.17) is 19.7 Å². The smallest absolute Gasteiger partial charge is 0.482 e. The van der Waals surface area contributed by atoms with Crippen LogP contribution in [0.5, 0.6) is 5.75 Å². The number of likely N-dealkylation sites (tertiary alicyclic amines) is 1. The molecule has 0 bridgehead atoms. The molecule has 2 aromatic heterocycles. The van der Waals surface area contributed by atoms with E-state index in [0.29, 0.717) is 12.1 Å². The summed E-state index contributed by atoms with van der Waals surface area (Å²) in [6, 6.07) is 9.12. The van der Waals surface area contributed by atoms with E-state index in [0.717, 1.165) is 43.8 Å². The van der Waals surface area contributed by atoms with Crippen LogP contribution in [0.3, 0.4) is 0 Å². The van der Waals surface area contributed by atoms with Gasteiger partial charge in [-0.2, -0.15) is 23.4 Å². The van der Waals surface area contributed by atoms with Crippen LogP contribution in [-0.4, -0.2) is 54.8 Å². The van der Waals surface area contributed by atoms with Crippen LogP contribution in [0.15, 0.2) is 42.9 Å². The number of halogens is 3. The molecule has 11 heteroatoms. The number of aromatic nitrogens is 4. The summed E-state index contributed by atoms with van der Waals surface area (Å²) in [4.78, 5) is 11.4. The van der Waals surface area contributed by atoms with E-state index in [1.165, 1.54) is 16.8 Å². The molecule has 2 aliphatic rings. The Morgan fingerprint density at radius 2 is 1.73 bits per heavy atom. The maximum absolute atomic E-state index is 10.6. The fourth-order valence-electron chi connectivity index (χ4n) is 4.82. The minimum Gasteiger partial charge on any atom is -0.482 e. The largest absolute Gasteiger partial charge is 0.490 e. The normalized spacial score (nSPS) is 16.7. The molecule has 8 nitrogen and oxygen atoms in total. The fourth-order valence-corrected chi connectivity index (χ4v) is 4.82. The molecule has 1 aromatic carbocycles. The molecule has 4 heterocycles. The van der Waals surface area contributed by atoms with E-state index in [1.54, 1.807) is 0 Å². The van der Waals surface area contributed by atoms with Gasteiger partial charge in [-0.05, 0) is 39.8 Å². The predicted molar refractivity (Wildman–Crippen MR) is 131 cm³/mol. The summed E-state index contributed by atoms with van der Waals surface area (Å²) < 4.78 is 42.6. The molecule has 2 aliphatic heterocycles. The number of carboxylic acid groups (broad SMARTS) is 1. The van der Waals surface area contributed by atoms with Gasteiger partial charge in [0.05, 0.1) is 18.1 Å². The van der Waals surface area contributed by atoms with Crippen LogP contribution < -0.4 is 4.74 Å². The number of aliphatic carboxylic acids is 1. The van der Waals surface area contributed by atoms with Crippen molar-refractivity contribution in [2.24, 2.45) is 0 Å². The van der Waals surface area contributed by atoms with E-state index >= 15 is 0 Å². The second-order valence-corrected chi connectivity index (χ2v) is 10.0. The van der Waals surface area contributed by atoms with Gasteiger partial charge >= 0.3 is 12.1 Å². The number of hydrogen-bond donors (Lipinski definition) is 1. The molecule has 5 rings (SSSR count). The molecular formula is C26H32F3N5O3. The highest BCUT2D eigenvalue weighted by Gasteiger charge is 2.45. The van der Waals surface area contributed by atoms with E-state index in [9.17, 15) is 13.2 Å². The Balaban J connectivity index is 0.000000405. The Hall–Kier alpha value is -3.34. The summed E-state index contributed by atoms with van der Waals surface area (Å²) in [6.07, 6.45) is 3.08. The molecule has 0 atom stereocenters. The molecule has 1 saturated heterocycles. The van der Waals surface area contributed by atoms with Gasteiger partial charge < -0.3 is 9.84 Å². The second kappa shape index (κ2) is 10.2. The lowest BCUT2D eigenvalue weighted by atomic mass is 9.81. The quantitative estimate of drug-likeness (QED) is 0.495. The lowest BCUT2D eigenvalue weighted by Crippen LogP contribution is -2.47. The highest BCUT2D eigenvalue weighted by molar-refractivity contribution is 5.74. The average Bonchev–Trinajstić information content (AvgIpc) is 3.49. The number of rotatable bonds is 4. The standard InChI is InChI=1S/C24H31N5O.C2HF3O2/c1-17(2)28-16-19(13-25-28)15-27-11-9-24(10-12-27)21-14-26-29(18(3)4)23(21)20-7-5-6-8-22(20)30-24;3-2(4,5)1(6)7/h5-8,13-14,16-18H,9-12,15H2,1-4H3;(H,6,7). The summed E-state index contributed by atoms with van der Waals surface area (Å²) in [7, 11) is 0. The van der Waals surface area contributed by atoms with Crippen molar-refractivity contribution < 1.29 is 27.8 Å². The Morgan fingerprint density at radius 1 is 1.08 bits per heavy atom. The number of ether oxygens (including phenoxy) is 1. The first-order chi connectivity index (χ1) is 17.4. The van der Waals surface area contributed by atoms with Crippen LogP contribution in [0.4, 0.5) is 13.2 Å². The van der Waals surface area contributed by atoms with Crippen molar-refractivity contribution in [2.75, 3.05) is 13.1 Å². The highest BCUT2D eigenvalue weighted by Crippen LogP contribution is 2.50. The zero-order valence-corrected chi connectivity index (χ0v) is 21.4. The summed E-state index contributed by atoms with van der Waals surface area (Å²) in [5.74, 6) is -1.77. The van der Waals surface area contributed by atoms with Crippen molar-refractivity contribution in [1.29, 1.82) is 0 Å². The molecule has 0 radical (unpaired) electrons. The first-order valence-corrected chi connectivity index (χ1v) is 12.3. The molecule has 0 saturated carbocycles. The number of hydrogen-bond acceptors (Lipinski definition) is 5. The Morgan fingerprint density at radius 3 is 2.30 bits per heavy atom. The number of benzene rings is 1. The number of para-hydroxylation sites is 1. The number of piperidine rings is 1. The zero-order valence-electron chi connectivity index (χ0n) is 21.4. The van der Waals surface area contributed by atoms with Gasteiger partial charge in [0.1, 0.15) is 11.4 Å². The van der Waals surface area contributed by atoms with Gasteiger partial charge in [0.2, 0.25) is 0 Å². The average molecular weight is 520 g/mol. The summed E-state index contributed by atoms with van der Waals surface area (Å²) in [5.41, 5.74) is 4.64. The summed E-state index contributed by atoms with van der Waals surface area (Å²) in [6.45, 7) is 11.7. The molecule has 3 aromatic rings. The minimum absolute atomic E-state index is 0.282. The van der Waals surface area contributed by atoms with Crippen LogP contribution in [0.2, 0.25) is 0 Å². The molecule has 0 aliphatic carbocycles. The lowest BCUT2D eigenvalue weighted by Gasteiger charge is -2.44. The molecule has 1 fully saturated rings. The number of carbonyl (C=O) groups is 1. The number of carboxylic acids is 1. The van der Waals surface area contributed by atoms with Crippen LogP contribution in [0.1, 0.15) is 63.7 Å². The first kappa shape index (κ1) is 26.7. The number of fused-ring (bicyclic) bond motifs is 4. The van der Waals surface area contributed by atoms with Gasteiger partial charge in [0.25, 0.3) is 0 Å². The Kier molecular flexibility index (Phi) is 7.36. The predicted octanol–water partition coefficient (Wildman–Crippen LogP) is 5.43. The van der Waals surface area contributed by atoms with Gasteiger partial charge in [0, 0.05) is 67.4 Å². The molecule has 1 spiro atoms.